The molecule has 0 fully saturated rings. The van der Waals surface area contributed by atoms with Crippen LogP contribution < -0.4 is 0 Å². The molecule has 1 N–H and O–H groups in total. The lowest BCUT2D eigenvalue weighted by atomic mass is 9.76. The summed E-state index contributed by atoms with van der Waals surface area (Å²) >= 11 is 0. The normalized spacial score (nSPS) is 11.5. The molecule has 0 amide bonds. The van der Waals surface area contributed by atoms with E-state index in [9.17, 15) is 5.11 Å². The Balaban J connectivity index is 2.35. The van der Waals surface area contributed by atoms with E-state index >= 15 is 0 Å². The largest absolute Gasteiger partial charge is 0.376 e. The highest BCUT2D eigenvalue weighted by Crippen LogP contribution is 2.40. The standard InChI is InChI=1S/C22H22O/c1-16-14-17(2)21(18(3)15-16)22(23,19-10-6-4-7-11-19)20-12-8-5-9-13-20/h4-15,23H,1-3H3. The molecule has 0 unspecified atom stereocenters. The molecule has 3 aromatic rings. The van der Waals surface area contributed by atoms with Crippen LogP contribution in [0.1, 0.15) is 33.4 Å². The molecule has 0 radical (unpaired) electrons. The summed E-state index contributed by atoms with van der Waals surface area (Å²) < 4.78 is 0. The zero-order chi connectivity index (χ0) is 16.4. The number of hydrogen-bond donors (Lipinski definition) is 1. The van der Waals surface area contributed by atoms with Crippen molar-refractivity contribution in [2.45, 2.75) is 26.4 Å². The van der Waals surface area contributed by atoms with Gasteiger partial charge in [0.1, 0.15) is 5.60 Å². The Bertz CT molecular complexity index is 741. The van der Waals surface area contributed by atoms with E-state index in [0.717, 1.165) is 27.8 Å². The topological polar surface area (TPSA) is 20.2 Å². The van der Waals surface area contributed by atoms with Crippen molar-refractivity contribution in [3.05, 3.63) is 106 Å². The second kappa shape index (κ2) is 6.02. The molecule has 3 aromatic carbocycles. The van der Waals surface area contributed by atoms with E-state index in [0.29, 0.717) is 0 Å². The summed E-state index contributed by atoms with van der Waals surface area (Å²) in [6, 6.07) is 24.1. The maximum absolute atomic E-state index is 11.9. The Morgan fingerprint density at radius 3 is 1.43 bits per heavy atom. The fraction of sp³-hybridized carbons (Fsp3) is 0.182. The maximum atomic E-state index is 11.9. The SMILES string of the molecule is Cc1cc(C)c(C(O)(c2ccccc2)c2ccccc2)c(C)c1. The van der Waals surface area contributed by atoms with Crippen LogP contribution in [0.15, 0.2) is 72.8 Å². The Hall–Kier alpha value is -2.38. The summed E-state index contributed by atoms with van der Waals surface area (Å²) in [6.07, 6.45) is 0. The van der Waals surface area contributed by atoms with Crippen molar-refractivity contribution in [2.24, 2.45) is 0 Å². The van der Waals surface area contributed by atoms with Gasteiger partial charge in [-0.1, -0.05) is 78.4 Å². The lowest BCUT2D eigenvalue weighted by Crippen LogP contribution is -2.30. The van der Waals surface area contributed by atoms with Crippen LogP contribution >= 0.6 is 0 Å². The van der Waals surface area contributed by atoms with Gasteiger partial charge in [-0.3, -0.25) is 0 Å². The summed E-state index contributed by atoms with van der Waals surface area (Å²) in [5.74, 6) is 0. The zero-order valence-electron chi connectivity index (χ0n) is 13.9. The molecule has 1 nitrogen and oxygen atoms in total. The van der Waals surface area contributed by atoms with Gasteiger partial charge in [-0.05, 0) is 48.6 Å². The van der Waals surface area contributed by atoms with E-state index < -0.39 is 5.60 Å². The minimum Gasteiger partial charge on any atom is -0.376 e. The summed E-state index contributed by atoms with van der Waals surface area (Å²) in [7, 11) is 0. The predicted octanol–water partition coefficient (Wildman–Crippen LogP) is 4.90. The fourth-order valence-corrected chi connectivity index (χ4v) is 3.56. The van der Waals surface area contributed by atoms with Gasteiger partial charge in [-0.15, -0.1) is 0 Å². The van der Waals surface area contributed by atoms with Gasteiger partial charge < -0.3 is 5.11 Å². The molecule has 0 saturated heterocycles. The zero-order valence-corrected chi connectivity index (χ0v) is 13.9. The van der Waals surface area contributed by atoms with Crippen LogP contribution in [0.4, 0.5) is 0 Å². The minimum atomic E-state index is -1.15. The molecule has 0 atom stereocenters. The van der Waals surface area contributed by atoms with Gasteiger partial charge in [0.15, 0.2) is 0 Å². The first-order valence-corrected chi connectivity index (χ1v) is 7.95. The van der Waals surface area contributed by atoms with Gasteiger partial charge in [-0.25, -0.2) is 0 Å². The molecule has 0 aliphatic carbocycles. The molecule has 0 bridgehead atoms. The molecule has 0 heterocycles. The Morgan fingerprint density at radius 2 is 1.04 bits per heavy atom. The lowest BCUT2D eigenvalue weighted by molar-refractivity contribution is 0.124. The number of aliphatic hydroxyl groups is 1. The molecular formula is C22H22O. The Morgan fingerprint density at radius 1 is 0.652 bits per heavy atom. The molecule has 23 heavy (non-hydrogen) atoms. The average molecular weight is 302 g/mol. The average Bonchev–Trinajstić information content (AvgIpc) is 2.55. The Kier molecular flexibility index (Phi) is 4.06. The number of benzene rings is 3. The number of hydrogen-bond acceptors (Lipinski definition) is 1. The van der Waals surface area contributed by atoms with Crippen molar-refractivity contribution < 1.29 is 5.11 Å². The molecule has 116 valence electrons. The highest BCUT2D eigenvalue weighted by Gasteiger charge is 2.36. The first kappa shape index (κ1) is 15.5. The van der Waals surface area contributed by atoms with E-state index in [4.69, 9.17) is 0 Å². The van der Waals surface area contributed by atoms with Crippen molar-refractivity contribution in [3.8, 4) is 0 Å². The first-order valence-electron chi connectivity index (χ1n) is 7.95. The highest BCUT2D eigenvalue weighted by atomic mass is 16.3. The summed E-state index contributed by atoms with van der Waals surface area (Å²) in [5.41, 5.74) is 5.04. The molecule has 0 saturated carbocycles. The van der Waals surface area contributed by atoms with Crippen LogP contribution in [-0.4, -0.2) is 5.11 Å². The van der Waals surface area contributed by atoms with Gasteiger partial charge in [0.2, 0.25) is 0 Å². The van der Waals surface area contributed by atoms with Gasteiger partial charge in [0.25, 0.3) is 0 Å². The second-order valence-corrected chi connectivity index (χ2v) is 6.22. The van der Waals surface area contributed by atoms with Crippen LogP contribution in [-0.2, 0) is 5.60 Å². The van der Waals surface area contributed by atoms with Crippen molar-refractivity contribution in [3.63, 3.8) is 0 Å². The van der Waals surface area contributed by atoms with Crippen LogP contribution in [0.5, 0.6) is 0 Å². The van der Waals surface area contributed by atoms with E-state index in [1.807, 2.05) is 60.7 Å². The van der Waals surface area contributed by atoms with Gasteiger partial charge in [-0.2, -0.15) is 0 Å². The molecule has 1 heteroatoms. The van der Waals surface area contributed by atoms with Crippen molar-refractivity contribution in [2.75, 3.05) is 0 Å². The maximum Gasteiger partial charge on any atom is 0.141 e. The molecular weight excluding hydrogens is 280 g/mol. The summed E-state index contributed by atoms with van der Waals surface area (Å²) in [6.45, 7) is 6.24. The molecule has 3 rings (SSSR count). The third-order valence-electron chi connectivity index (χ3n) is 4.42. The van der Waals surface area contributed by atoms with E-state index in [2.05, 4.69) is 32.9 Å². The van der Waals surface area contributed by atoms with E-state index in [1.54, 1.807) is 0 Å². The highest BCUT2D eigenvalue weighted by molar-refractivity contribution is 5.53. The first-order chi connectivity index (χ1) is 11.0. The van der Waals surface area contributed by atoms with Crippen molar-refractivity contribution >= 4 is 0 Å². The third kappa shape index (κ3) is 2.69. The van der Waals surface area contributed by atoms with Crippen LogP contribution in [0, 0.1) is 20.8 Å². The van der Waals surface area contributed by atoms with Crippen LogP contribution in [0.2, 0.25) is 0 Å². The molecule has 0 spiro atoms. The van der Waals surface area contributed by atoms with Crippen LogP contribution in [0.25, 0.3) is 0 Å². The van der Waals surface area contributed by atoms with Gasteiger partial charge >= 0.3 is 0 Å². The minimum absolute atomic E-state index is 0.890. The third-order valence-corrected chi connectivity index (χ3v) is 4.42. The summed E-state index contributed by atoms with van der Waals surface area (Å²) in [4.78, 5) is 0. The van der Waals surface area contributed by atoms with Crippen molar-refractivity contribution in [1.82, 2.24) is 0 Å². The van der Waals surface area contributed by atoms with Crippen molar-refractivity contribution in [1.29, 1.82) is 0 Å². The molecule has 0 aliphatic rings. The van der Waals surface area contributed by atoms with Gasteiger partial charge in [0.05, 0.1) is 0 Å². The van der Waals surface area contributed by atoms with Gasteiger partial charge in [0, 0.05) is 0 Å². The second-order valence-electron chi connectivity index (χ2n) is 6.22. The molecule has 0 aromatic heterocycles. The quantitative estimate of drug-likeness (QED) is 0.683. The monoisotopic (exact) mass is 302 g/mol. The summed E-state index contributed by atoms with van der Waals surface area (Å²) in [5, 5.41) is 11.9. The lowest BCUT2D eigenvalue weighted by Gasteiger charge is -2.33. The Labute approximate surface area is 138 Å². The smallest absolute Gasteiger partial charge is 0.141 e. The van der Waals surface area contributed by atoms with Crippen LogP contribution in [0.3, 0.4) is 0 Å². The number of rotatable bonds is 3. The van der Waals surface area contributed by atoms with E-state index in [-0.39, 0.29) is 0 Å². The molecule has 0 aliphatic heterocycles. The number of aryl methyl sites for hydroxylation is 3. The van der Waals surface area contributed by atoms with E-state index in [1.165, 1.54) is 5.56 Å². The predicted molar refractivity (Wildman–Crippen MR) is 95.6 cm³/mol. The fourth-order valence-electron chi connectivity index (χ4n) is 3.56.